The standard InChI is InChI=1S/C14H12N2O2S/c1-10-3-2-4-12(7-10)18-9-11-8-13(17)16-5-6-19-14(16)15-11/h2-8H,9H2,1H3. The second kappa shape index (κ2) is 4.85. The third-order valence-corrected chi connectivity index (χ3v) is 3.49. The van der Waals surface area contributed by atoms with Gasteiger partial charge in [0.15, 0.2) is 4.96 Å². The van der Waals surface area contributed by atoms with Crippen molar-refractivity contribution in [3.63, 3.8) is 0 Å². The van der Waals surface area contributed by atoms with Crippen LogP contribution >= 0.6 is 11.3 Å². The zero-order chi connectivity index (χ0) is 13.2. The number of nitrogens with zero attached hydrogens (tertiary/aromatic N) is 2. The van der Waals surface area contributed by atoms with Crippen molar-refractivity contribution in [2.75, 3.05) is 0 Å². The molecule has 0 bridgehead atoms. The van der Waals surface area contributed by atoms with Crippen molar-refractivity contribution in [1.29, 1.82) is 0 Å². The van der Waals surface area contributed by atoms with Crippen molar-refractivity contribution in [3.8, 4) is 5.75 Å². The van der Waals surface area contributed by atoms with Crippen LogP contribution in [0.1, 0.15) is 11.3 Å². The highest BCUT2D eigenvalue weighted by molar-refractivity contribution is 7.15. The van der Waals surface area contributed by atoms with E-state index in [1.165, 1.54) is 21.8 Å². The van der Waals surface area contributed by atoms with Crippen LogP contribution < -0.4 is 10.3 Å². The Balaban J connectivity index is 1.83. The molecule has 4 nitrogen and oxygen atoms in total. The Morgan fingerprint density at radius 3 is 3.11 bits per heavy atom. The van der Waals surface area contributed by atoms with Gasteiger partial charge in [0, 0.05) is 17.6 Å². The molecule has 0 aliphatic rings. The Kier molecular flexibility index (Phi) is 3.05. The maximum Gasteiger partial charge on any atom is 0.258 e. The van der Waals surface area contributed by atoms with Gasteiger partial charge in [-0.1, -0.05) is 12.1 Å². The predicted molar refractivity (Wildman–Crippen MR) is 74.9 cm³/mol. The quantitative estimate of drug-likeness (QED) is 0.736. The summed E-state index contributed by atoms with van der Waals surface area (Å²) in [5.41, 5.74) is 1.71. The molecule has 0 atom stereocenters. The Morgan fingerprint density at radius 1 is 1.37 bits per heavy atom. The summed E-state index contributed by atoms with van der Waals surface area (Å²) >= 11 is 1.44. The van der Waals surface area contributed by atoms with Crippen molar-refractivity contribution in [3.05, 3.63) is 63.5 Å². The lowest BCUT2D eigenvalue weighted by Gasteiger charge is -2.06. The number of hydrogen-bond acceptors (Lipinski definition) is 4. The maximum atomic E-state index is 11.8. The van der Waals surface area contributed by atoms with Gasteiger partial charge < -0.3 is 4.74 Å². The fourth-order valence-electron chi connectivity index (χ4n) is 1.82. The first kappa shape index (κ1) is 11.9. The lowest BCUT2D eigenvalue weighted by atomic mass is 10.2. The van der Waals surface area contributed by atoms with Crippen molar-refractivity contribution < 1.29 is 4.74 Å². The van der Waals surface area contributed by atoms with Crippen LogP contribution in [0.15, 0.2) is 46.7 Å². The van der Waals surface area contributed by atoms with Crippen molar-refractivity contribution in [2.24, 2.45) is 0 Å². The van der Waals surface area contributed by atoms with Gasteiger partial charge in [0.2, 0.25) is 0 Å². The molecule has 0 amide bonds. The first-order chi connectivity index (χ1) is 9.22. The van der Waals surface area contributed by atoms with E-state index in [4.69, 9.17) is 4.74 Å². The molecule has 1 aromatic carbocycles. The van der Waals surface area contributed by atoms with E-state index in [9.17, 15) is 4.79 Å². The summed E-state index contributed by atoms with van der Waals surface area (Å²) in [4.78, 5) is 16.9. The Morgan fingerprint density at radius 2 is 2.26 bits per heavy atom. The van der Waals surface area contributed by atoms with Gasteiger partial charge in [-0.25, -0.2) is 4.98 Å². The smallest absolute Gasteiger partial charge is 0.258 e. The van der Waals surface area contributed by atoms with Crippen LogP contribution in [-0.2, 0) is 6.61 Å². The van der Waals surface area contributed by atoms with Crippen LogP contribution in [0.4, 0.5) is 0 Å². The van der Waals surface area contributed by atoms with Gasteiger partial charge in [-0.3, -0.25) is 9.20 Å². The summed E-state index contributed by atoms with van der Waals surface area (Å²) in [6, 6.07) is 9.31. The van der Waals surface area contributed by atoms with Crippen LogP contribution in [0.3, 0.4) is 0 Å². The lowest BCUT2D eigenvalue weighted by molar-refractivity contribution is 0.301. The molecule has 5 heteroatoms. The molecule has 2 aromatic heterocycles. The van der Waals surface area contributed by atoms with E-state index < -0.39 is 0 Å². The summed E-state index contributed by atoms with van der Waals surface area (Å²) in [6.07, 6.45) is 1.72. The summed E-state index contributed by atoms with van der Waals surface area (Å²) in [7, 11) is 0. The molecule has 19 heavy (non-hydrogen) atoms. The zero-order valence-electron chi connectivity index (χ0n) is 10.4. The minimum absolute atomic E-state index is 0.0749. The van der Waals surface area contributed by atoms with Gasteiger partial charge in [-0.05, 0) is 24.6 Å². The largest absolute Gasteiger partial charge is 0.487 e. The molecule has 3 aromatic rings. The molecule has 2 heterocycles. The second-order valence-electron chi connectivity index (χ2n) is 4.25. The molecule has 0 spiro atoms. The van der Waals surface area contributed by atoms with Gasteiger partial charge in [-0.2, -0.15) is 0 Å². The maximum absolute atomic E-state index is 11.8. The van der Waals surface area contributed by atoms with E-state index >= 15 is 0 Å². The number of aromatic nitrogens is 2. The monoisotopic (exact) mass is 272 g/mol. The molecule has 0 aliphatic carbocycles. The second-order valence-corrected chi connectivity index (χ2v) is 5.12. The summed E-state index contributed by atoms with van der Waals surface area (Å²) in [5.74, 6) is 0.785. The van der Waals surface area contributed by atoms with E-state index in [1.807, 2.05) is 36.6 Å². The fourth-order valence-corrected chi connectivity index (χ4v) is 2.56. The number of rotatable bonds is 3. The number of aryl methyl sites for hydroxylation is 1. The third kappa shape index (κ3) is 2.51. The van der Waals surface area contributed by atoms with Crippen LogP contribution in [0.25, 0.3) is 4.96 Å². The highest BCUT2D eigenvalue weighted by Crippen LogP contribution is 2.14. The molecule has 0 radical (unpaired) electrons. The molecule has 0 aliphatic heterocycles. The number of hydrogen-bond donors (Lipinski definition) is 0. The molecule has 3 rings (SSSR count). The zero-order valence-corrected chi connectivity index (χ0v) is 11.2. The first-order valence-corrected chi connectivity index (χ1v) is 6.75. The molecular formula is C14H12N2O2S. The van der Waals surface area contributed by atoms with E-state index in [-0.39, 0.29) is 5.56 Å². The third-order valence-electron chi connectivity index (χ3n) is 2.73. The summed E-state index contributed by atoms with van der Waals surface area (Å²) in [5, 5.41) is 1.84. The molecule has 0 N–H and O–H groups in total. The fraction of sp³-hybridized carbons (Fsp3) is 0.143. The van der Waals surface area contributed by atoms with E-state index in [0.29, 0.717) is 17.3 Å². The van der Waals surface area contributed by atoms with Crippen LogP contribution in [0.5, 0.6) is 5.75 Å². The van der Waals surface area contributed by atoms with Crippen LogP contribution in [0, 0.1) is 6.92 Å². The minimum atomic E-state index is -0.0749. The normalized spacial score (nSPS) is 10.8. The van der Waals surface area contributed by atoms with Crippen LogP contribution in [-0.4, -0.2) is 9.38 Å². The lowest BCUT2D eigenvalue weighted by Crippen LogP contribution is -2.14. The molecule has 0 unspecified atom stereocenters. The van der Waals surface area contributed by atoms with Gasteiger partial charge >= 0.3 is 0 Å². The van der Waals surface area contributed by atoms with Gasteiger partial charge in [0.25, 0.3) is 5.56 Å². The molecule has 0 saturated heterocycles. The average Bonchev–Trinajstić information content (AvgIpc) is 2.85. The highest BCUT2D eigenvalue weighted by Gasteiger charge is 2.04. The summed E-state index contributed by atoms with van der Waals surface area (Å²) in [6.45, 7) is 2.31. The van der Waals surface area contributed by atoms with Crippen molar-refractivity contribution >= 4 is 16.3 Å². The van der Waals surface area contributed by atoms with Crippen LogP contribution in [0.2, 0.25) is 0 Å². The molecule has 0 fully saturated rings. The first-order valence-electron chi connectivity index (χ1n) is 5.87. The number of fused-ring (bicyclic) bond motifs is 1. The number of ether oxygens (including phenoxy) is 1. The molecule has 96 valence electrons. The predicted octanol–water partition coefficient (Wildman–Crippen LogP) is 2.64. The van der Waals surface area contributed by atoms with E-state index in [0.717, 1.165) is 11.3 Å². The Hall–Kier alpha value is -2.14. The Bertz CT molecular complexity index is 776. The topological polar surface area (TPSA) is 43.6 Å². The molecule has 0 saturated carbocycles. The van der Waals surface area contributed by atoms with E-state index in [2.05, 4.69) is 4.98 Å². The number of benzene rings is 1. The number of thiazole rings is 1. The Labute approximate surface area is 113 Å². The summed E-state index contributed by atoms with van der Waals surface area (Å²) < 4.78 is 7.18. The van der Waals surface area contributed by atoms with E-state index in [1.54, 1.807) is 6.20 Å². The van der Waals surface area contributed by atoms with Crippen molar-refractivity contribution in [1.82, 2.24) is 9.38 Å². The van der Waals surface area contributed by atoms with Gasteiger partial charge in [0.05, 0.1) is 5.69 Å². The van der Waals surface area contributed by atoms with Gasteiger partial charge in [0.1, 0.15) is 12.4 Å². The minimum Gasteiger partial charge on any atom is -0.487 e. The molecular weight excluding hydrogens is 260 g/mol. The highest BCUT2D eigenvalue weighted by atomic mass is 32.1. The SMILES string of the molecule is Cc1cccc(OCc2cc(=O)n3ccsc3n2)c1. The average molecular weight is 272 g/mol. The van der Waals surface area contributed by atoms with Gasteiger partial charge in [-0.15, -0.1) is 11.3 Å². The van der Waals surface area contributed by atoms with Crippen molar-refractivity contribution in [2.45, 2.75) is 13.5 Å².